The predicted molar refractivity (Wildman–Crippen MR) is 98.9 cm³/mol. The molecular weight excluding hydrogens is 380 g/mol. The third kappa shape index (κ3) is 3.66. The van der Waals surface area contributed by atoms with Crippen LogP contribution in [0.5, 0.6) is 11.8 Å². The fraction of sp³-hybridized carbons (Fsp3) is 0.381. The van der Waals surface area contributed by atoms with Gasteiger partial charge in [0.25, 0.3) is 5.88 Å². The van der Waals surface area contributed by atoms with E-state index in [1.807, 2.05) is 24.3 Å². The Morgan fingerprint density at radius 3 is 2.24 bits per heavy atom. The summed E-state index contributed by atoms with van der Waals surface area (Å²) in [5.74, 6) is -1.54. The highest BCUT2D eigenvalue weighted by molar-refractivity contribution is 5.51. The van der Waals surface area contributed by atoms with Crippen LogP contribution in [0.3, 0.4) is 0 Å². The molecule has 0 spiro atoms. The SMILES string of the molecule is Oc1cc(-c2cnc(O[C@H]3C[C@H](c4ccc(C5CC(F)(F)C5)cc4)C3)cn2)on1. The lowest BCUT2D eigenvalue weighted by Gasteiger charge is -2.37. The second kappa shape index (κ2) is 6.79. The first-order chi connectivity index (χ1) is 13.9. The highest BCUT2D eigenvalue weighted by Crippen LogP contribution is 2.48. The Morgan fingerprint density at radius 1 is 1.00 bits per heavy atom. The van der Waals surface area contributed by atoms with E-state index in [9.17, 15) is 13.9 Å². The van der Waals surface area contributed by atoms with Gasteiger partial charge in [0.15, 0.2) is 5.76 Å². The standard InChI is InChI=1S/C21H19F2N3O3/c22-21(23)8-15(9-21)13-3-1-12(2-4-13)14-5-16(6-14)28-20-11-24-17(10-25-20)18-7-19(27)26-29-18/h1-4,7,10-11,14-16H,5-6,8-9H2,(H,26,27)/t14-,16-. The van der Waals surface area contributed by atoms with Gasteiger partial charge < -0.3 is 14.4 Å². The van der Waals surface area contributed by atoms with Gasteiger partial charge in [0, 0.05) is 12.8 Å². The summed E-state index contributed by atoms with van der Waals surface area (Å²) in [5.41, 5.74) is 2.68. The van der Waals surface area contributed by atoms with E-state index in [1.54, 1.807) is 0 Å². The maximum absolute atomic E-state index is 13.0. The molecule has 29 heavy (non-hydrogen) atoms. The molecule has 2 saturated carbocycles. The number of aromatic nitrogens is 3. The summed E-state index contributed by atoms with van der Waals surface area (Å²) in [5, 5.41) is 12.6. The second-order valence-corrected chi connectivity index (χ2v) is 7.83. The molecule has 150 valence electrons. The number of nitrogens with zero attached hydrogens (tertiary/aromatic N) is 3. The lowest BCUT2D eigenvalue weighted by molar-refractivity contribution is -0.0867. The molecule has 2 aromatic heterocycles. The van der Waals surface area contributed by atoms with Crippen molar-refractivity contribution in [2.24, 2.45) is 0 Å². The molecule has 0 amide bonds. The molecule has 0 atom stereocenters. The molecule has 6 nitrogen and oxygen atoms in total. The van der Waals surface area contributed by atoms with Gasteiger partial charge in [-0.3, -0.25) is 0 Å². The van der Waals surface area contributed by atoms with Crippen LogP contribution in [0.25, 0.3) is 11.5 Å². The number of ether oxygens (including phenoxy) is 1. The Hall–Kier alpha value is -3.03. The Kier molecular flexibility index (Phi) is 4.22. The van der Waals surface area contributed by atoms with Gasteiger partial charge in [0.05, 0.1) is 18.5 Å². The molecule has 3 aromatic rings. The second-order valence-electron chi connectivity index (χ2n) is 7.83. The Morgan fingerprint density at radius 2 is 1.69 bits per heavy atom. The van der Waals surface area contributed by atoms with E-state index < -0.39 is 5.92 Å². The van der Waals surface area contributed by atoms with E-state index in [1.165, 1.54) is 24.0 Å². The summed E-state index contributed by atoms with van der Waals surface area (Å²) in [4.78, 5) is 8.44. The Labute approximate surface area is 165 Å². The summed E-state index contributed by atoms with van der Waals surface area (Å²) in [6, 6.07) is 9.43. The third-order valence-corrected chi connectivity index (χ3v) is 5.73. The number of benzene rings is 1. The molecule has 0 aliphatic heterocycles. The molecular formula is C21H19F2N3O3. The zero-order chi connectivity index (χ0) is 20.0. The monoisotopic (exact) mass is 399 g/mol. The van der Waals surface area contributed by atoms with Crippen LogP contribution in [0.2, 0.25) is 0 Å². The zero-order valence-corrected chi connectivity index (χ0v) is 15.5. The molecule has 0 unspecified atom stereocenters. The Bertz CT molecular complexity index is 991. The van der Waals surface area contributed by atoms with Crippen molar-refractivity contribution in [2.45, 2.75) is 49.5 Å². The number of aromatic hydroxyl groups is 1. The van der Waals surface area contributed by atoms with E-state index in [2.05, 4.69) is 15.1 Å². The quantitative estimate of drug-likeness (QED) is 0.671. The fourth-order valence-electron chi connectivity index (χ4n) is 3.93. The molecule has 0 bridgehead atoms. The third-order valence-electron chi connectivity index (χ3n) is 5.73. The maximum atomic E-state index is 13.0. The first kappa shape index (κ1) is 18.0. The topological polar surface area (TPSA) is 81.3 Å². The van der Waals surface area contributed by atoms with Crippen LogP contribution in [0.1, 0.15) is 48.6 Å². The number of alkyl halides is 2. The highest BCUT2D eigenvalue weighted by Gasteiger charge is 2.45. The first-order valence-corrected chi connectivity index (χ1v) is 9.58. The van der Waals surface area contributed by atoms with Crippen molar-refractivity contribution in [3.05, 3.63) is 53.9 Å². The summed E-state index contributed by atoms with van der Waals surface area (Å²) in [6.07, 6.45) is 4.77. The van der Waals surface area contributed by atoms with E-state index in [0.717, 1.165) is 18.4 Å². The minimum Gasteiger partial charge on any atom is -0.491 e. The zero-order valence-electron chi connectivity index (χ0n) is 15.5. The van der Waals surface area contributed by atoms with Gasteiger partial charge in [-0.15, -0.1) is 0 Å². The molecule has 2 aliphatic carbocycles. The summed E-state index contributed by atoms with van der Waals surface area (Å²) in [6.45, 7) is 0. The lowest BCUT2D eigenvalue weighted by Crippen LogP contribution is -2.34. The average Bonchev–Trinajstić information content (AvgIpc) is 3.09. The molecule has 2 aliphatic rings. The Balaban J connectivity index is 1.13. The van der Waals surface area contributed by atoms with Gasteiger partial charge in [-0.25, -0.2) is 18.7 Å². The van der Waals surface area contributed by atoms with Gasteiger partial charge in [-0.05, 0) is 41.0 Å². The van der Waals surface area contributed by atoms with Crippen molar-refractivity contribution in [3.8, 4) is 23.2 Å². The van der Waals surface area contributed by atoms with Gasteiger partial charge in [-0.2, -0.15) is 0 Å². The minimum atomic E-state index is -2.49. The van der Waals surface area contributed by atoms with Gasteiger partial charge >= 0.3 is 0 Å². The normalized spacial score (nSPS) is 23.2. The lowest BCUT2D eigenvalue weighted by atomic mass is 9.74. The molecule has 2 fully saturated rings. The van der Waals surface area contributed by atoms with E-state index in [4.69, 9.17) is 9.26 Å². The number of rotatable bonds is 5. The molecule has 0 saturated heterocycles. The van der Waals surface area contributed by atoms with E-state index >= 15 is 0 Å². The van der Waals surface area contributed by atoms with Crippen LogP contribution >= 0.6 is 0 Å². The van der Waals surface area contributed by atoms with Crippen molar-refractivity contribution in [1.29, 1.82) is 0 Å². The molecule has 0 radical (unpaired) electrons. The molecule has 2 heterocycles. The molecule has 1 aromatic carbocycles. The van der Waals surface area contributed by atoms with Crippen molar-refractivity contribution >= 4 is 0 Å². The summed E-state index contributed by atoms with van der Waals surface area (Å²) >= 11 is 0. The smallest absolute Gasteiger partial charge is 0.252 e. The summed E-state index contributed by atoms with van der Waals surface area (Å²) in [7, 11) is 0. The molecule has 1 N–H and O–H groups in total. The minimum absolute atomic E-state index is 0.0148. The van der Waals surface area contributed by atoms with Crippen LogP contribution in [0, 0.1) is 0 Å². The van der Waals surface area contributed by atoms with Crippen LogP contribution in [0.15, 0.2) is 47.2 Å². The van der Waals surface area contributed by atoms with Crippen molar-refractivity contribution in [3.63, 3.8) is 0 Å². The molecule has 5 rings (SSSR count). The van der Waals surface area contributed by atoms with E-state index in [0.29, 0.717) is 23.3 Å². The van der Waals surface area contributed by atoms with E-state index in [-0.39, 0.29) is 30.7 Å². The summed E-state index contributed by atoms with van der Waals surface area (Å²) < 4.78 is 36.9. The number of hydrogen-bond acceptors (Lipinski definition) is 6. The van der Waals surface area contributed by atoms with Crippen molar-refractivity contribution in [2.75, 3.05) is 0 Å². The average molecular weight is 399 g/mol. The van der Waals surface area contributed by atoms with Crippen LogP contribution in [-0.2, 0) is 0 Å². The molecule has 8 heteroatoms. The van der Waals surface area contributed by atoms with Crippen molar-refractivity contribution < 1.29 is 23.1 Å². The van der Waals surface area contributed by atoms with Crippen LogP contribution in [-0.4, -0.2) is 32.3 Å². The number of halogens is 2. The number of hydrogen-bond donors (Lipinski definition) is 1. The predicted octanol–water partition coefficient (Wildman–Crippen LogP) is 4.67. The van der Waals surface area contributed by atoms with Gasteiger partial charge in [0.2, 0.25) is 11.8 Å². The largest absolute Gasteiger partial charge is 0.491 e. The van der Waals surface area contributed by atoms with Crippen LogP contribution in [0.4, 0.5) is 8.78 Å². The first-order valence-electron chi connectivity index (χ1n) is 9.58. The van der Waals surface area contributed by atoms with Crippen molar-refractivity contribution in [1.82, 2.24) is 15.1 Å². The highest BCUT2D eigenvalue weighted by atomic mass is 19.3. The maximum Gasteiger partial charge on any atom is 0.252 e. The fourth-order valence-corrected chi connectivity index (χ4v) is 3.93. The van der Waals surface area contributed by atoms with Gasteiger partial charge in [-0.1, -0.05) is 24.3 Å². The van der Waals surface area contributed by atoms with Gasteiger partial charge in [0.1, 0.15) is 11.8 Å². The van der Waals surface area contributed by atoms with Crippen LogP contribution < -0.4 is 4.74 Å².